The fraction of sp³-hybridized carbons (Fsp3) is 0.514. The molecule has 2 fully saturated rings. The van der Waals surface area contributed by atoms with E-state index in [0.29, 0.717) is 35.4 Å². The Morgan fingerprint density at radius 1 is 0.933 bits per heavy atom. The first-order chi connectivity index (χ1) is 21.6. The van der Waals surface area contributed by atoms with Crippen molar-refractivity contribution in [3.05, 3.63) is 94.6 Å². The molecule has 0 aliphatic carbocycles. The van der Waals surface area contributed by atoms with E-state index >= 15 is 8.78 Å². The van der Waals surface area contributed by atoms with Crippen LogP contribution in [0.4, 0.5) is 23.2 Å². The molecule has 242 valence electrons. The summed E-state index contributed by atoms with van der Waals surface area (Å²) in [5.41, 5.74) is 3.19. The second-order valence-corrected chi connectivity index (χ2v) is 13.6. The predicted octanol–water partition coefficient (Wildman–Crippen LogP) is 8.29. The van der Waals surface area contributed by atoms with Crippen molar-refractivity contribution in [2.75, 3.05) is 37.6 Å². The van der Waals surface area contributed by atoms with E-state index in [4.69, 9.17) is 4.74 Å². The van der Waals surface area contributed by atoms with Crippen LogP contribution in [0.25, 0.3) is 0 Å². The summed E-state index contributed by atoms with van der Waals surface area (Å²) in [6.45, 7) is 6.10. The Kier molecular flexibility index (Phi) is 9.44. The molecular weight excluding hydrogens is 578 g/mol. The van der Waals surface area contributed by atoms with E-state index in [2.05, 4.69) is 10.2 Å². The van der Waals surface area contributed by atoms with Gasteiger partial charge in [-0.3, -0.25) is 4.90 Å². The minimum Gasteiger partial charge on any atom is -0.489 e. The second kappa shape index (κ2) is 13.3. The van der Waals surface area contributed by atoms with E-state index in [1.807, 2.05) is 43.3 Å². The maximum absolute atomic E-state index is 16.2. The molecule has 3 heterocycles. The number of fused-ring (bicyclic) bond motifs is 1. The Morgan fingerprint density at radius 3 is 2.27 bits per heavy atom. The largest absolute Gasteiger partial charge is 0.489 e. The van der Waals surface area contributed by atoms with Gasteiger partial charge in [0.15, 0.2) is 0 Å². The van der Waals surface area contributed by atoms with Crippen molar-refractivity contribution < 1.29 is 22.3 Å². The van der Waals surface area contributed by atoms with Crippen LogP contribution >= 0.6 is 0 Å². The number of hydrogen-bond donors (Lipinski definition) is 1. The van der Waals surface area contributed by atoms with Crippen molar-refractivity contribution in [1.82, 2.24) is 10.2 Å². The van der Waals surface area contributed by atoms with Gasteiger partial charge in [-0.25, -0.2) is 17.6 Å². The molecule has 3 aliphatic rings. The van der Waals surface area contributed by atoms with Crippen molar-refractivity contribution in [2.45, 2.75) is 83.4 Å². The maximum atomic E-state index is 16.2. The van der Waals surface area contributed by atoms with Crippen molar-refractivity contribution in [2.24, 2.45) is 5.41 Å². The van der Waals surface area contributed by atoms with Crippen LogP contribution in [0.15, 0.2) is 60.7 Å². The Balaban J connectivity index is 1.28. The number of piperidine rings is 1. The third-order valence-corrected chi connectivity index (χ3v) is 10.1. The number of nitrogens with one attached hydrogen (secondary N) is 1. The Bertz CT molecular complexity index is 1420. The van der Waals surface area contributed by atoms with Crippen LogP contribution in [-0.4, -0.2) is 49.6 Å². The van der Waals surface area contributed by atoms with E-state index in [-0.39, 0.29) is 11.6 Å². The van der Waals surface area contributed by atoms with Gasteiger partial charge in [0.1, 0.15) is 24.0 Å². The molecule has 3 aromatic rings. The van der Waals surface area contributed by atoms with Crippen molar-refractivity contribution in [3.63, 3.8) is 0 Å². The van der Waals surface area contributed by atoms with Gasteiger partial charge >= 0.3 is 0 Å². The molecule has 0 aromatic heterocycles. The third-order valence-electron chi connectivity index (χ3n) is 10.1. The number of ether oxygens (including phenoxy) is 1. The first-order valence-electron chi connectivity index (χ1n) is 16.5. The topological polar surface area (TPSA) is 27.7 Å². The summed E-state index contributed by atoms with van der Waals surface area (Å²) < 4.78 is 67.5. The molecule has 8 heteroatoms. The Hall–Kier alpha value is -3.10. The maximum Gasteiger partial charge on any atom is 0.257 e. The number of hydrogen-bond acceptors (Lipinski definition) is 4. The SMILES string of the molecule is C[C@@H]1Cc2cc(OCc3ccccc3)ccc2C(c2c(F)cc(N3CCCC4(CCCNC4)CCC3)cc2F)N1CC(C)(F)F. The first-order valence-corrected chi connectivity index (χ1v) is 16.5. The van der Waals surface area contributed by atoms with Crippen LogP contribution in [0.1, 0.15) is 80.7 Å². The molecular formula is C37H45F4N3O. The molecule has 3 aromatic carbocycles. The second-order valence-electron chi connectivity index (χ2n) is 13.6. The van der Waals surface area contributed by atoms with Gasteiger partial charge in [0.05, 0.1) is 12.6 Å². The van der Waals surface area contributed by atoms with Crippen LogP contribution in [0.5, 0.6) is 5.75 Å². The van der Waals surface area contributed by atoms with Gasteiger partial charge in [-0.15, -0.1) is 0 Å². The summed E-state index contributed by atoms with van der Waals surface area (Å²) >= 11 is 0. The summed E-state index contributed by atoms with van der Waals surface area (Å²) in [6, 6.07) is 16.7. The lowest BCUT2D eigenvalue weighted by Gasteiger charge is -2.43. The molecule has 2 atom stereocenters. The van der Waals surface area contributed by atoms with Gasteiger partial charge in [0.25, 0.3) is 5.92 Å². The molecule has 1 N–H and O–H groups in total. The summed E-state index contributed by atoms with van der Waals surface area (Å²) in [5, 5.41) is 3.56. The van der Waals surface area contributed by atoms with Crippen LogP contribution in [0.3, 0.4) is 0 Å². The molecule has 0 saturated carbocycles. The molecule has 1 unspecified atom stereocenters. The number of rotatable bonds is 7. The zero-order valence-corrected chi connectivity index (χ0v) is 26.4. The van der Waals surface area contributed by atoms with Crippen LogP contribution in [0, 0.1) is 17.0 Å². The highest BCUT2D eigenvalue weighted by Gasteiger charge is 2.41. The zero-order valence-electron chi connectivity index (χ0n) is 26.4. The van der Waals surface area contributed by atoms with Gasteiger partial charge in [-0.2, -0.15) is 0 Å². The lowest BCUT2D eigenvalue weighted by atomic mass is 9.73. The molecule has 0 radical (unpaired) electrons. The molecule has 2 saturated heterocycles. The first kappa shape index (κ1) is 31.9. The molecule has 1 spiro atoms. The number of nitrogens with zero attached hydrogens (tertiary/aromatic N) is 2. The van der Waals surface area contributed by atoms with E-state index in [0.717, 1.165) is 69.9 Å². The summed E-state index contributed by atoms with van der Waals surface area (Å²) in [5.74, 6) is -3.79. The molecule has 3 aliphatic heterocycles. The van der Waals surface area contributed by atoms with E-state index in [1.54, 1.807) is 17.0 Å². The molecule has 45 heavy (non-hydrogen) atoms. The monoisotopic (exact) mass is 623 g/mol. The van der Waals surface area contributed by atoms with E-state index in [1.165, 1.54) is 25.0 Å². The highest BCUT2D eigenvalue weighted by molar-refractivity contribution is 5.52. The number of anilines is 1. The number of alkyl halides is 2. The molecule has 4 nitrogen and oxygen atoms in total. The minimum absolute atomic E-state index is 0.173. The van der Waals surface area contributed by atoms with Gasteiger partial charge in [-0.1, -0.05) is 36.4 Å². The molecule has 0 bridgehead atoms. The molecule has 0 amide bonds. The van der Waals surface area contributed by atoms with E-state index in [9.17, 15) is 8.78 Å². The number of halogens is 4. The molecule has 6 rings (SSSR count). The van der Waals surface area contributed by atoms with Gasteiger partial charge in [-0.05, 0) is 105 Å². The highest BCUT2D eigenvalue weighted by Crippen LogP contribution is 2.44. The Labute approximate surface area is 264 Å². The van der Waals surface area contributed by atoms with Crippen LogP contribution < -0.4 is 15.0 Å². The van der Waals surface area contributed by atoms with Crippen molar-refractivity contribution >= 4 is 5.69 Å². The predicted molar refractivity (Wildman–Crippen MR) is 171 cm³/mol. The van der Waals surface area contributed by atoms with Crippen molar-refractivity contribution in [3.8, 4) is 5.75 Å². The lowest BCUT2D eigenvalue weighted by Crippen LogP contribution is -2.48. The standard InChI is InChI=1S/C37H45F4N3O/c1-26-19-28-20-30(45-23-27-9-4-3-5-10-27)11-12-31(28)35(44(26)25-36(2,40)41)34-32(38)21-29(22-33(34)39)43-17-7-14-37(15-8-18-43)13-6-16-42-24-37/h3-5,9-12,20-22,26,35,42H,6-8,13-19,23-25H2,1-2H3/t26-,35?/m1/s1. The zero-order chi connectivity index (χ0) is 31.6. The quantitative estimate of drug-likeness (QED) is 0.268. The Morgan fingerprint density at radius 2 is 1.62 bits per heavy atom. The van der Waals surface area contributed by atoms with Crippen molar-refractivity contribution in [1.29, 1.82) is 0 Å². The minimum atomic E-state index is -3.04. The van der Waals surface area contributed by atoms with Crippen LogP contribution in [0.2, 0.25) is 0 Å². The summed E-state index contributed by atoms with van der Waals surface area (Å²) in [7, 11) is 0. The number of benzene rings is 3. The smallest absolute Gasteiger partial charge is 0.257 e. The average molecular weight is 624 g/mol. The normalized spacial score (nSPS) is 22.5. The van der Waals surface area contributed by atoms with Gasteiger partial charge in [0, 0.05) is 43.9 Å². The average Bonchev–Trinajstić information content (AvgIpc) is 2.99. The highest BCUT2D eigenvalue weighted by atomic mass is 19.3. The fourth-order valence-corrected chi connectivity index (χ4v) is 7.87. The fourth-order valence-electron chi connectivity index (χ4n) is 7.87. The third kappa shape index (κ3) is 7.33. The summed E-state index contributed by atoms with van der Waals surface area (Å²) in [4.78, 5) is 3.65. The summed E-state index contributed by atoms with van der Waals surface area (Å²) in [6.07, 6.45) is 7.06. The van der Waals surface area contributed by atoms with Crippen LogP contribution in [-0.2, 0) is 13.0 Å². The van der Waals surface area contributed by atoms with Gasteiger partial charge in [0.2, 0.25) is 0 Å². The lowest BCUT2D eigenvalue weighted by molar-refractivity contribution is -0.0371. The van der Waals surface area contributed by atoms with Gasteiger partial charge < -0.3 is 15.0 Å². The van der Waals surface area contributed by atoms with E-state index < -0.39 is 30.1 Å².